The van der Waals surface area contributed by atoms with E-state index in [-0.39, 0.29) is 43.7 Å². The summed E-state index contributed by atoms with van der Waals surface area (Å²) in [6.45, 7) is 0.0612. The van der Waals surface area contributed by atoms with Gasteiger partial charge in [0, 0.05) is 44.2 Å². The molecule has 1 aliphatic heterocycles. The van der Waals surface area contributed by atoms with Crippen molar-refractivity contribution in [2.75, 3.05) is 20.1 Å². The molecule has 1 aliphatic carbocycles. The Morgan fingerprint density at radius 3 is 2.38 bits per heavy atom. The summed E-state index contributed by atoms with van der Waals surface area (Å²) in [5.74, 6) is -2.22. The first-order chi connectivity index (χ1) is 18.5. The maximum absolute atomic E-state index is 14.4. The molecule has 2 unspecified atom stereocenters. The number of halogens is 4. The van der Waals surface area contributed by atoms with Crippen molar-refractivity contribution >= 4 is 18.0 Å². The Hall–Kier alpha value is -4.03. The minimum Gasteiger partial charge on any atom is -0.457 e. The van der Waals surface area contributed by atoms with Crippen LogP contribution in [-0.4, -0.2) is 72.5 Å². The molecule has 0 aromatic heterocycles. The van der Waals surface area contributed by atoms with Crippen LogP contribution in [0.1, 0.15) is 35.2 Å². The van der Waals surface area contributed by atoms with Gasteiger partial charge in [-0.05, 0) is 31.0 Å². The summed E-state index contributed by atoms with van der Waals surface area (Å²) in [5.41, 5.74) is 0.329. The number of piperidine rings is 1. The summed E-state index contributed by atoms with van der Waals surface area (Å²) >= 11 is 0. The summed E-state index contributed by atoms with van der Waals surface area (Å²) in [7, 11) is 1.47. The van der Waals surface area contributed by atoms with Crippen molar-refractivity contribution in [2.24, 2.45) is 0 Å². The molecule has 1 heterocycles. The van der Waals surface area contributed by atoms with Gasteiger partial charge in [-0.3, -0.25) is 0 Å². The number of nitrogens with zero attached hydrogens (tertiary/aromatic N) is 2. The number of carbonyl (C=O) groups excluding carboxylic acids is 3. The largest absolute Gasteiger partial charge is 0.573 e. The van der Waals surface area contributed by atoms with Crippen LogP contribution in [0.4, 0.5) is 27.2 Å². The first-order valence-corrected chi connectivity index (χ1v) is 12.4. The molecule has 1 saturated heterocycles. The van der Waals surface area contributed by atoms with E-state index in [2.05, 4.69) is 15.4 Å². The molecule has 4 rings (SSSR count). The van der Waals surface area contributed by atoms with Crippen molar-refractivity contribution in [2.45, 2.75) is 50.4 Å². The van der Waals surface area contributed by atoms with Gasteiger partial charge in [0.25, 0.3) is 0 Å². The Labute approximate surface area is 222 Å². The highest BCUT2D eigenvalue weighted by Gasteiger charge is 2.43. The van der Waals surface area contributed by atoms with Crippen LogP contribution in [-0.2, 0) is 11.3 Å². The fraction of sp³-hybridized carbons (Fsp3) is 0.423. The lowest BCUT2D eigenvalue weighted by atomic mass is 10.0. The highest BCUT2D eigenvalue weighted by atomic mass is 19.4. The highest BCUT2D eigenvalue weighted by molar-refractivity contribution is 5.89. The average molecular weight is 553 g/mol. The Morgan fingerprint density at radius 2 is 1.77 bits per heavy atom. The fourth-order valence-corrected chi connectivity index (χ4v) is 4.54. The third kappa shape index (κ3) is 7.52. The second-order valence-electron chi connectivity index (χ2n) is 9.34. The number of likely N-dealkylation sites (tertiary alicyclic amines) is 1. The van der Waals surface area contributed by atoms with E-state index in [0.717, 1.165) is 25.0 Å². The van der Waals surface area contributed by atoms with E-state index < -0.39 is 42.1 Å². The lowest BCUT2D eigenvalue weighted by molar-refractivity contribution is -0.274. The Balaban J connectivity index is 1.45. The summed E-state index contributed by atoms with van der Waals surface area (Å²) < 4.78 is 61.0. The zero-order valence-corrected chi connectivity index (χ0v) is 21.0. The van der Waals surface area contributed by atoms with Crippen LogP contribution in [0.25, 0.3) is 0 Å². The Kier molecular flexibility index (Phi) is 8.46. The molecule has 0 radical (unpaired) electrons. The molecule has 2 fully saturated rings. The molecule has 0 spiro atoms. The van der Waals surface area contributed by atoms with E-state index in [1.807, 2.05) is 0 Å². The fourth-order valence-electron chi connectivity index (χ4n) is 4.54. The van der Waals surface area contributed by atoms with Gasteiger partial charge in [0.05, 0.1) is 18.2 Å². The normalized spacial score (nSPS) is 19.2. The van der Waals surface area contributed by atoms with Crippen LogP contribution in [0.15, 0.2) is 48.5 Å². The van der Waals surface area contributed by atoms with E-state index in [9.17, 15) is 31.9 Å². The SMILES string of the molecule is CNC(=O)N1CC(OC(=O)c2ccccc2)CC(N(C(=O)NCc2ccc(OC(F)(F)F)cc2F)C2CC2)C1. The van der Waals surface area contributed by atoms with Crippen LogP contribution in [0.5, 0.6) is 5.75 Å². The third-order valence-corrected chi connectivity index (χ3v) is 6.43. The number of urea groups is 2. The molecule has 13 heteroatoms. The predicted molar refractivity (Wildman–Crippen MR) is 130 cm³/mol. The van der Waals surface area contributed by atoms with E-state index in [4.69, 9.17) is 4.74 Å². The molecule has 2 aromatic carbocycles. The van der Waals surface area contributed by atoms with Gasteiger partial charge in [-0.25, -0.2) is 18.8 Å². The Bertz CT molecular complexity index is 1190. The number of alkyl halides is 3. The van der Waals surface area contributed by atoms with Crippen molar-refractivity contribution in [3.63, 3.8) is 0 Å². The number of amides is 4. The number of ether oxygens (including phenoxy) is 2. The molecule has 9 nitrogen and oxygen atoms in total. The molecule has 0 bridgehead atoms. The number of benzene rings is 2. The van der Waals surface area contributed by atoms with Gasteiger partial charge in [-0.15, -0.1) is 13.2 Å². The van der Waals surface area contributed by atoms with Crippen molar-refractivity contribution in [3.8, 4) is 5.75 Å². The molecule has 2 aromatic rings. The van der Waals surface area contributed by atoms with Crippen LogP contribution in [0, 0.1) is 5.82 Å². The number of rotatable bonds is 7. The summed E-state index contributed by atoms with van der Waals surface area (Å²) in [5, 5.41) is 5.17. The maximum Gasteiger partial charge on any atom is 0.573 e. The number of hydrogen-bond donors (Lipinski definition) is 2. The topological polar surface area (TPSA) is 100 Å². The second kappa shape index (κ2) is 11.8. The first-order valence-electron chi connectivity index (χ1n) is 12.4. The first kappa shape index (κ1) is 28.0. The third-order valence-electron chi connectivity index (χ3n) is 6.43. The van der Waals surface area contributed by atoms with Gasteiger partial charge in [-0.2, -0.15) is 0 Å². The average Bonchev–Trinajstić information content (AvgIpc) is 3.72. The minimum atomic E-state index is -4.96. The maximum atomic E-state index is 14.4. The van der Waals surface area contributed by atoms with Gasteiger partial charge in [0.2, 0.25) is 0 Å². The number of esters is 1. The van der Waals surface area contributed by atoms with Crippen molar-refractivity contribution in [3.05, 3.63) is 65.5 Å². The molecular formula is C26H28F4N4O5. The molecule has 210 valence electrons. The summed E-state index contributed by atoms with van der Waals surface area (Å²) in [4.78, 5) is 41.5. The van der Waals surface area contributed by atoms with Gasteiger partial charge in [0.15, 0.2) is 0 Å². The quantitative estimate of drug-likeness (QED) is 0.399. The van der Waals surface area contributed by atoms with Crippen molar-refractivity contribution in [1.82, 2.24) is 20.4 Å². The van der Waals surface area contributed by atoms with Gasteiger partial charge < -0.3 is 29.9 Å². The highest BCUT2D eigenvalue weighted by Crippen LogP contribution is 2.32. The molecule has 1 saturated carbocycles. The van der Waals surface area contributed by atoms with E-state index in [1.165, 1.54) is 11.9 Å². The molecule has 2 aliphatic rings. The number of hydrogen-bond acceptors (Lipinski definition) is 5. The lowest BCUT2D eigenvalue weighted by Gasteiger charge is -2.42. The Morgan fingerprint density at radius 1 is 1.05 bits per heavy atom. The molecule has 2 N–H and O–H groups in total. The van der Waals surface area contributed by atoms with Crippen LogP contribution in [0.2, 0.25) is 0 Å². The molecule has 39 heavy (non-hydrogen) atoms. The standard InChI is InChI=1S/C26H28F4N4O5/c1-31-24(36)33-14-19(11-21(15-33)38-23(35)16-5-3-2-4-6-16)34(18-8-9-18)25(37)32-13-17-7-10-20(12-22(17)27)39-26(28,29)30/h2-7,10,12,18-19,21H,8-9,11,13-15H2,1H3,(H,31,36)(H,32,37). The van der Waals surface area contributed by atoms with E-state index in [0.29, 0.717) is 11.6 Å². The molecule has 2 atom stereocenters. The summed E-state index contributed by atoms with van der Waals surface area (Å²) in [6, 6.07) is 9.55. The van der Waals surface area contributed by atoms with Gasteiger partial charge >= 0.3 is 24.4 Å². The van der Waals surface area contributed by atoms with Gasteiger partial charge in [0.1, 0.15) is 17.7 Å². The zero-order chi connectivity index (χ0) is 28.2. The van der Waals surface area contributed by atoms with E-state index in [1.54, 1.807) is 35.2 Å². The minimum absolute atomic E-state index is 0.0288. The van der Waals surface area contributed by atoms with Crippen molar-refractivity contribution in [1.29, 1.82) is 0 Å². The number of nitrogens with one attached hydrogen (secondary N) is 2. The second-order valence-corrected chi connectivity index (χ2v) is 9.34. The van der Waals surface area contributed by atoms with Gasteiger partial charge in [-0.1, -0.05) is 24.3 Å². The van der Waals surface area contributed by atoms with Crippen LogP contribution in [0.3, 0.4) is 0 Å². The van der Waals surface area contributed by atoms with Crippen LogP contribution >= 0.6 is 0 Å². The van der Waals surface area contributed by atoms with Crippen molar-refractivity contribution < 1.29 is 41.4 Å². The monoisotopic (exact) mass is 552 g/mol. The lowest BCUT2D eigenvalue weighted by Crippen LogP contribution is -2.59. The molecular weight excluding hydrogens is 524 g/mol. The van der Waals surface area contributed by atoms with Crippen LogP contribution < -0.4 is 15.4 Å². The van der Waals surface area contributed by atoms with E-state index >= 15 is 0 Å². The zero-order valence-electron chi connectivity index (χ0n) is 21.0. The summed E-state index contributed by atoms with van der Waals surface area (Å²) in [6.07, 6.45) is -3.88. The predicted octanol–water partition coefficient (Wildman–Crippen LogP) is 4.04. The smallest absolute Gasteiger partial charge is 0.457 e. The molecule has 4 amide bonds. The number of carbonyl (C=O) groups is 3.